The van der Waals surface area contributed by atoms with Gasteiger partial charge in [-0.25, -0.2) is 13.8 Å². The van der Waals surface area contributed by atoms with E-state index in [1.54, 1.807) is 30.3 Å². The molecule has 0 unspecified atom stereocenters. The van der Waals surface area contributed by atoms with Gasteiger partial charge in [0.25, 0.3) is 0 Å². The lowest BCUT2D eigenvalue weighted by atomic mass is 9.79. The van der Waals surface area contributed by atoms with Crippen LogP contribution in [0, 0.1) is 47.6 Å². The van der Waals surface area contributed by atoms with Crippen LogP contribution in [0.25, 0.3) is 32.9 Å². The third kappa shape index (κ3) is 5.12. The molecule has 4 bridgehead atoms. The third-order valence-corrected chi connectivity index (χ3v) is 13.5. The lowest BCUT2D eigenvalue weighted by Gasteiger charge is -2.40. The first-order chi connectivity index (χ1) is 25.7. The monoisotopic (exact) mass is 750 g/mol. The Labute approximate surface area is 316 Å². The highest BCUT2D eigenvalue weighted by Gasteiger charge is 2.55. The predicted octanol–water partition coefficient (Wildman–Crippen LogP) is 8.93. The summed E-state index contributed by atoms with van der Waals surface area (Å²) in [4.78, 5) is 23.7. The molecule has 11 heteroatoms. The van der Waals surface area contributed by atoms with Crippen LogP contribution in [0.1, 0.15) is 61.1 Å². The van der Waals surface area contributed by atoms with Crippen LogP contribution in [-0.2, 0) is 11.2 Å². The highest BCUT2D eigenvalue weighted by atomic mass is 35.5. The van der Waals surface area contributed by atoms with Crippen LogP contribution >= 0.6 is 23.2 Å². The number of rotatable bonds is 7. The summed E-state index contributed by atoms with van der Waals surface area (Å²) < 4.78 is 34.2. The molecule has 1 amide bonds. The molecular formula is C42H38Cl2F2N6O. The Morgan fingerprint density at radius 2 is 1.87 bits per heavy atom. The predicted molar refractivity (Wildman–Crippen MR) is 203 cm³/mol. The molecule has 4 aliphatic heterocycles. The first-order valence-corrected chi connectivity index (χ1v) is 19.5. The van der Waals surface area contributed by atoms with Crippen LogP contribution in [0.2, 0.25) is 10.0 Å². The lowest BCUT2D eigenvalue weighted by molar-refractivity contribution is -0.135. The van der Waals surface area contributed by atoms with E-state index in [1.807, 2.05) is 19.1 Å². The van der Waals surface area contributed by atoms with Gasteiger partial charge in [0.2, 0.25) is 5.91 Å². The SMILES string of the molecule is Cc1nc2c(F)c(-c3cccc(Cl)c3Cl)c(CCC#N)cc2c2c1cc([C@H]1[C@H]3C[C@H](CN(c4cccc(F)c4)C3)N1C(=O)C1CC1)n2[C@H]1[C@H]2CN[C@@H]1C2. The molecule has 53 heavy (non-hydrogen) atoms. The van der Waals surface area contributed by atoms with Crippen molar-refractivity contribution in [2.24, 2.45) is 17.8 Å². The average molecular weight is 752 g/mol. The standard InChI is InChI=1S/C42H38Cl2F2N6O/c1-21-30-17-34(40-25-13-28(51(40)42(53)22-10-11-22)20-50(19-25)27-7-2-6-26(45)16-27)52(39-24-15-33(39)48-18-24)41(30)31-14-23(5-4-12-47)35(37(46)38(31)49-21)29-8-3-9-32(43)36(29)44/h2-3,6-9,14,16-17,22,24-25,28,33,39-40,48H,4-5,10-11,13,15,18-20H2,1H3/t24-,25+,28-,33-,39+,40-/m1/s1. The third-order valence-electron chi connectivity index (χ3n) is 12.7. The van der Waals surface area contributed by atoms with Gasteiger partial charge in [0.15, 0.2) is 5.82 Å². The van der Waals surface area contributed by atoms with Crippen LogP contribution in [0.3, 0.4) is 0 Å². The summed E-state index contributed by atoms with van der Waals surface area (Å²) in [5, 5.41) is 15.6. The Morgan fingerprint density at radius 3 is 2.60 bits per heavy atom. The molecule has 5 aromatic rings. The van der Waals surface area contributed by atoms with Crippen molar-refractivity contribution in [3.63, 3.8) is 0 Å². The van der Waals surface area contributed by atoms with Crippen molar-refractivity contribution in [3.8, 4) is 17.2 Å². The summed E-state index contributed by atoms with van der Waals surface area (Å²) >= 11 is 13.1. The molecule has 6 atom stereocenters. The second-order valence-corrected chi connectivity index (χ2v) is 16.6. The van der Waals surface area contributed by atoms with Gasteiger partial charge in [-0.2, -0.15) is 5.26 Å². The molecule has 270 valence electrons. The highest BCUT2D eigenvalue weighted by molar-refractivity contribution is 6.43. The largest absolute Gasteiger partial charge is 0.369 e. The van der Waals surface area contributed by atoms with Gasteiger partial charge in [-0.1, -0.05) is 41.4 Å². The molecule has 3 aromatic carbocycles. The topological polar surface area (TPSA) is 77.2 Å². The molecule has 2 aliphatic carbocycles. The lowest BCUT2D eigenvalue weighted by Crippen LogP contribution is -2.45. The number of aromatic nitrogens is 2. The second-order valence-electron chi connectivity index (χ2n) is 15.8. The molecule has 6 heterocycles. The minimum Gasteiger partial charge on any atom is -0.369 e. The number of pyridine rings is 1. The minimum absolute atomic E-state index is 0.00573. The molecule has 1 N–H and O–H groups in total. The summed E-state index contributed by atoms with van der Waals surface area (Å²) in [5.74, 6) is 0.0175. The van der Waals surface area contributed by atoms with Crippen LogP contribution in [0.4, 0.5) is 14.5 Å². The zero-order valence-electron chi connectivity index (χ0n) is 29.3. The number of carbonyl (C=O) groups excluding carboxylic acids is 1. The summed E-state index contributed by atoms with van der Waals surface area (Å²) in [6.07, 6.45) is 4.29. The zero-order valence-corrected chi connectivity index (χ0v) is 30.8. The van der Waals surface area contributed by atoms with E-state index in [0.717, 1.165) is 54.5 Å². The zero-order chi connectivity index (χ0) is 36.3. The first-order valence-electron chi connectivity index (χ1n) is 18.8. The number of hydrogen-bond acceptors (Lipinski definition) is 5. The number of nitriles is 1. The molecule has 11 rings (SSSR count). The molecule has 6 fully saturated rings. The van der Waals surface area contributed by atoms with Gasteiger partial charge in [-0.3, -0.25) is 4.79 Å². The quantitative estimate of drug-likeness (QED) is 0.180. The fourth-order valence-electron chi connectivity index (χ4n) is 10.2. The van der Waals surface area contributed by atoms with E-state index in [9.17, 15) is 14.4 Å². The van der Waals surface area contributed by atoms with Gasteiger partial charge >= 0.3 is 0 Å². The summed E-state index contributed by atoms with van der Waals surface area (Å²) in [5.41, 5.74) is 5.25. The van der Waals surface area contributed by atoms with E-state index < -0.39 is 5.82 Å². The number of benzene rings is 3. The fraction of sp³-hybridized carbons (Fsp3) is 0.405. The number of piperidine rings is 1. The molecule has 0 spiro atoms. The van der Waals surface area contributed by atoms with E-state index in [4.69, 9.17) is 28.2 Å². The normalized spacial score (nSPS) is 26.0. The number of fused-ring (bicyclic) bond motifs is 6. The van der Waals surface area contributed by atoms with E-state index in [2.05, 4.69) is 31.8 Å². The molecule has 6 aliphatic rings. The maximum atomic E-state index is 17.3. The van der Waals surface area contributed by atoms with Crippen LogP contribution in [-0.4, -0.2) is 52.1 Å². The van der Waals surface area contributed by atoms with Gasteiger partial charge in [0, 0.05) is 82.9 Å². The number of likely N-dealkylation sites (tertiary alicyclic amines) is 1. The number of nitrogens with one attached hydrogen (secondary N) is 1. The smallest absolute Gasteiger partial charge is 0.226 e. The van der Waals surface area contributed by atoms with Crippen LogP contribution in [0.5, 0.6) is 0 Å². The Bertz CT molecular complexity index is 2390. The van der Waals surface area contributed by atoms with E-state index in [-0.39, 0.29) is 64.7 Å². The molecule has 7 nitrogen and oxygen atoms in total. The second kappa shape index (κ2) is 12.4. The van der Waals surface area contributed by atoms with E-state index in [1.165, 1.54) is 6.07 Å². The number of anilines is 1. The van der Waals surface area contributed by atoms with Crippen molar-refractivity contribution in [1.82, 2.24) is 19.8 Å². The van der Waals surface area contributed by atoms with Crippen molar-refractivity contribution < 1.29 is 13.6 Å². The number of aryl methyl sites for hydroxylation is 2. The molecule has 0 radical (unpaired) electrons. The van der Waals surface area contributed by atoms with E-state index in [0.29, 0.717) is 58.2 Å². The fourth-order valence-corrected chi connectivity index (χ4v) is 10.6. The first kappa shape index (κ1) is 33.3. The van der Waals surface area contributed by atoms with Crippen molar-refractivity contribution >= 4 is 56.6 Å². The Hall–Kier alpha value is -4.23. The molecule has 4 saturated heterocycles. The van der Waals surface area contributed by atoms with Gasteiger partial charge in [0.05, 0.1) is 39.8 Å². The maximum Gasteiger partial charge on any atom is 0.226 e. The van der Waals surface area contributed by atoms with Crippen LogP contribution < -0.4 is 10.2 Å². The van der Waals surface area contributed by atoms with Crippen molar-refractivity contribution in [3.05, 3.63) is 93.2 Å². The number of hydrogen-bond donors (Lipinski definition) is 1. The number of halogens is 4. The number of amides is 1. The van der Waals surface area contributed by atoms with Crippen molar-refractivity contribution in [1.29, 1.82) is 5.26 Å². The molecule has 2 aromatic heterocycles. The summed E-state index contributed by atoms with van der Waals surface area (Å²) in [6.45, 7) is 4.19. The average Bonchev–Trinajstić information content (AvgIpc) is 3.43. The van der Waals surface area contributed by atoms with E-state index >= 15 is 4.39 Å². The van der Waals surface area contributed by atoms with Gasteiger partial charge in [-0.05, 0) is 86.9 Å². The minimum atomic E-state index is -0.485. The van der Waals surface area contributed by atoms with Crippen molar-refractivity contribution in [2.45, 2.75) is 69.6 Å². The Balaban J connectivity index is 1.21. The van der Waals surface area contributed by atoms with Gasteiger partial charge in [-0.15, -0.1) is 0 Å². The highest BCUT2D eigenvalue weighted by Crippen LogP contribution is 2.54. The van der Waals surface area contributed by atoms with Gasteiger partial charge in [0.1, 0.15) is 11.3 Å². The Morgan fingerprint density at radius 1 is 1.04 bits per heavy atom. The number of carbonyl (C=O) groups is 1. The molecular weight excluding hydrogens is 713 g/mol. The van der Waals surface area contributed by atoms with Gasteiger partial charge < -0.3 is 19.7 Å². The molecule has 2 saturated carbocycles. The summed E-state index contributed by atoms with van der Waals surface area (Å²) in [7, 11) is 0. The maximum absolute atomic E-state index is 17.3. The number of nitrogens with zero attached hydrogens (tertiary/aromatic N) is 5. The Kier molecular flexibility index (Phi) is 7.81. The summed E-state index contributed by atoms with van der Waals surface area (Å²) in [6, 6.07) is 18.6. The van der Waals surface area contributed by atoms with Crippen LogP contribution in [0.15, 0.2) is 54.6 Å². The van der Waals surface area contributed by atoms with Crippen molar-refractivity contribution in [2.75, 3.05) is 24.5 Å².